The van der Waals surface area contributed by atoms with E-state index in [2.05, 4.69) is 26.4 Å². The molecule has 1 fully saturated rings. The highest BCUT2D eigenvalue weighted by atomic mass is 16.5. The first-order valence-corrected chi connectivity index (χ1v) is 10.5. The molecule has 1 aromatic carbocycles. The van der Waals surface area contributed by atoms with E-state index in [1.54, 1.807) is 25.0 Å². The molecule has 1 saturated heterocycles. The van der Waals surface area contributed by atoms with Crippen LogP contribution in [0, 0.1) is 0 Å². The summed E-state index contributed by atoms with van der Waals surface area (Å²) in [6.45, 7) is 8.34. The molecule has 2 aromatic rings. The third-order valence-corrected chi connectivity index (χ3v) is 5.12. The van der Waals surface area contributed by atoms with Crippen molar-refractivity contribution < 1.29 is 19.1 Å². The molecule has 0 saturated carbocycles. The second-order valence-electron chi connectivity index (χ2n) is 8.85. The Morgan fingerprint density at radius 2 is 1.94 bits per heavy atom. The second kappa shape index (κ2) is 9.47. The maximum atomic E-state index is 12.7. The van der Waals surface area contributed by atoms with Crippen molar-refractivity contribution >= 4 is 17.8 Å². The van der Waals surface area contributed by atoms with Gasteiger partial charge in [-0.2, -0.15) is 5.10 Å². The summed E-state index contributed by atoms with van der Waals surface area (Å²) < 4.78 is 12.2. The van der Waals surface area contributed by atoms with Gasteiger partial charge >= 0.3 is 6.03 Å². The van der Waals surface area contributed by atoms with Crippen LogP contribution in [-0.4, -0.2) is 42.0 Å². The fraction of sp³-hybridized carbons (Fsp3) is 0.500. The van der Waals surface area contributed by atoms with E-state index >= 15 is 0 Å². The normalized spacial score (nSPS) is 18.6. The number of methoxy groups -OCH3 is 2. The fourth-order valence-electron chi connectivity index (χ4n) is 3.38. The van der Waals surface area contributed by atoms with Gasteiger partial charge in [-0.15, -0.1) is 0 Å². The number of amides is 3. The summed E-state index contributed by atoms with van der Waals surface area (Å²) in [4.78, 5) is 24.7. The van der Waals surface area contributed by atoms with Crippen molar-refractivity contribution in [3.63, 3.8) is 0 Å². The van der Waals surface area contributed by atoms with Crippen molar-refractivity contribution in [3.05, 3.63) is 35.5 Å². The highest BCUT2D eigenvalue weighted by molar-refractivity contribution is 5.88. The summed E-state index contributed by atoms with van der Waals surface area (Å²) in [5, 5.41) is 16.5. The third kappa shape index (κ3) is 5.50. The number of urea groups is 1. The molecule has 2 unspecified atom stereocenters. The molecule has 1 aliphatic rings. The SMILES string of the molecule is COc1ccc(CNC(=O)Nc2cc(C(C)(C)C)nn2C2NC(=O)CC(C)N2)cc1OC. The molecule has 2 atom stereocenters. The topological polar surface area (TPSA) is 119 Å². The summed E-state index contributed by atoms with van der Waals surface area (Å²) in [6, 6.07) is 6.87. The van der Waals surface area contributed by atoms with Gasteiger partial charge in [-0.25, -0.2) is 9.48 Å². The average molecular weight is 445 g/mol. The number of anilines is 1. The Balaban J connectivity index is 1.75. The number of rotatable bonds is 6. The summed E-state index contributed by atoms with van der Waals surface area (Å²) in [5.74, 6) is 1.62. The minimum atomic E-state index is -0.552. The predicted molar refractivity (Wildman–Crippen MR) is 121 cm³/mol. The molecule has 2 heterocycles. The number of hydrogen-bond acceptors (Lipinski definition) is 6. The van der Waals surface area contributed by atoms with Gasteiger partial charge in [0.15, 0.2) is 17.8 Å². The molecule has 4 N–H and O–H groups in total. The van der Waals surface area contributed by atoms with Crippen LogP contribution in [0.15, 0.2) is 24.3 Å². The van der Waals surface area contributed by atoms with Gasteiger partial charge in [-0.1, -0.05) is 26.8 Å². The van der Waals surface area contributed by atoms with E-state index in [4.69, 9.17) is 9.47 Å². The summed E-state index contributed by atoms with van der Waals surface area (Å²) in [5.41, 5.74) is 1.42. The number of aromatic nitrogens is 2. The lowest BCUT2D eigenvalue weighted by Crippen LogP contribution is -2.52. The van der Waals surface area contributed by atoms with Crippen molar-refractivity contribution in [2.24, 2.45) is 0 Å². The van der Waals surface area contributed by atoms with E-state index in [-0.39, 0.29) is 17.4 Å². The van der Waals surface area contributed by atoms with Crippen LogP contribution >= 0.6 is 0 Å². The van der Waals surface area contributed by atoms with Crippen LogP contribution in [0.5, 0.6) is 11.5 Å². The lowest BCUT2D eigenvalue weighted by Gasteiger charge is -2.30. The van der Waals surface area contributed by atoms with Crippen LogP contribution in [0.3, 0.4) is 0 Å². The Hall–Kier alpha value is -3.27. The summed E-state index contributed by atoms with van der Waals surface area (Å²) in [7, 11) is 3.14. The number of carbonyl (C=O) groups is 2. The van der Waals surface area contributed by atoms with E-state index in [1.165, 1.54) is 0 Å². The lowest BCUT2D eigenvalue weighted by molar-refractivity contribution is -0.125. The molecule has 10 nitrogen and oxygen atoms in total. The monoisotopic (exact) mass is 444 g/mol. The third-order valence-electron chi connectivity index (χ3n) is 5.12. The minimum Gasteiger partial charge on any atom is -0.493 e. The highest BCUT2D eigenvalue weighted by Crippen LogP contribution is 2.28. The van der Waals surface area contributed by atoms with Gasteiger partial charge in [0.05, 0.1) is 19.9 Å². The van der Waals surface area contributed by atoms with Gasteiger partial charge in [-0.3, -0.25) is 15.4 Å². The molecule has 0 spiro atoms. The quantitative estimate of drug-likeness (QED) is 0.544. The molecular weight excluding hydrogens is 412 g/mol. The molecule has 32 heavy (non-hydrogen) atoms. The number of carbonyl (C=O) groups excluding carboxylic acids is 2. The fourth-order valence-corrected chi connectivity index (χ4v) is 3.38. The molecule has 3 rings (SSSR count). The van der Waals surface area contributed by atoms with Crippen LogP contribution in [0.4, 0.5) is 10.6 Å². The average Bonchev–Trinajstić information content (AvgIpc) is 3.15. The smallest absolute Gasteiger partial charge is 0.320 e. The second-order valence-corrected chi connectivity index (χ2v) is 8.85. The number of ether oxygens (including phenoxy) is 2. The van der Waals surface area contributed by atoms with Gasteiger partial charge in [-0.05, 0) is 24.6 Å². The molecular formula is C22H32N6O4. The first kappa shape index (κ1) is 23.4. The van der Waals surface area contributed by atoms with E-state index in [0.29, 0.717) is 30.3 Å². The van der Waals surface area contributed by atoms with Gasteiger partial charge in [0.2, 0.25) is 5.91 Å². The molecule has 1 aliphatic heterocycles. The van der Waals surface area contributed by atoms with Crippen LogP contribution in [0.1, 0.15) is 51.7 Å². The van der Waals surface area contributed by atoms with E-state index < -0.39 is 12.3 Å². The van der Waals surface area contributed by atoms with Crippen LogP contribution < -0.4 is 30.7 Å². The highest BCUT2D eigenvalue weighted by Gasteiger charge is 2.29. The first-order valence-electron chi connectivity index (χ1n) is 10.5. The molecule has 174 valence electrons. The zero-order chi connectivity index (χ0) is 23.5. The Morgan fingerprint density at radius 1 is 1.22 bits per heavy atom. The molecule has 3 amide bonds. The van der Waals surface area contributed by atoms with Crippen LogP contribution in [0.2, 0.25) is 0 Å². The van der Waals surface area contributed by atoms with Gasteiger partial charge < -0.3 is 20.1 Å². The molecule has 10 heteroatoms. The Bertz CT molecular complexity index is 981. The maximum absolute atomic E-state index is 12.7. The number of hydrogen-bond donors (Lipinski definition) is 4. The Morgan fingerprint density at radius 3 is 2.56 bits per heavy atom. The first-order chi connectivity index (χ1) is 15.1. The van der Waals surface area contributed by atoms with E-state index in [9.17, 15) is 9.59 Å². The van der Waals surface area contributed by atoms with Crippen molar-refractivity contribution in [3.8, 4) is 11.5 Å². The van der Waals surface area contributed by atoms with Gasteiger partial charge in [0.25, 0.3) is 0 Å². The van der Waals surface area contributed by atoms with Crippen molar-refractivity contribution in [2.45, 2.75) is 58.4 Å². The van der Waals surface area contributed by atoms with Crippen molar-refractivity contribution in [1.29, 1.82) is 0 Å². The van der Waals surface area contributed by atoms with Crippen LogP contribution in [-0.2, 0) is 16.8 Å². The van der Waals surface area contributed by atoms with Crippen molar-refractivity contribution in [2.75, 3.05) is 19.5 Å². The molecule has 0 radical (unpaired) electrons. The summed E-state index contributed by atoms with van der Waals surface area (Å²) in [6.07, 6.45) is -0.165. The van der Waals surface area contributed by atoms with Crippen LogP contribution in [0.25, 0.3) is 0 Å². The number of benzene rings is 1. The number of nitrogens with one attached hydrogen (secondary N) is 4. The Labute approximate surface area is 188 Å². The molecule has 0 aliphatic carbocycles. The van der Waals surface area contributed by atoms with E-state index in [0.717, 1.165) is 11.3 Å². The van der Waals surface area contributed by atoms with E-state index in [1.807, 2.05) is 45.9 Å². The van der Waals surface area contributed by atoms with Gasteiger partial charge in [0.1, 0.15) is 5.82 Å². The Kier molecular flexibility index (Phi) is 6.93. The largest absolute Gasteiger partial charge is 0.493 e. The predicted octanol–water partition coefficient (Wildman–Crippen LogP) is 2.47. The minimum absolute atomic E-state index is 0.0113. The van der Waals surface area contributed by atoms with Gasteiger partial charge in [0, 0.05) is 30.5 Å². The summed E-state index contributed by atoms with van der Waals surface area (Å²) >= 11 is 0. The zero-order valence-electron chi connectivity index (χ0n) is 19.4. The molecule has 0 bridgehead atoms. The zero-order valence-corrected chi connectivity index (χ0v) is 19.4. The lowest BCUT2D eigenvalue weighted by atomic mass is 9.92. The van der Waals surface area contributed by atoms with Crippen molar-refractivity contribution in [1.82, 2.24) is 25.7 Å². The number of nitrogens with zero attached hydrogens (tertiary/aromatic N) is 2. The maximum Gasteiger partial charge on any atom is 0.320 e. The molecule has 1 aromatic heterocycles. The standard InChI is InChI=1S/C22H32N6O4/c1-13-9-19(29)26-20(24-13)28-18(11-17(27-28)22(2,3)4)25-21(30)23-12-14-7-8-15(31-5)16(10-14)32-6/h7-8,10-11,13,20,24H,9,12H2,1-6H3,(H,26,29)(H2,23,25,30).